The highest BCUT2D eigenvalue weighted by atomic mass is 16.5. The largest absolute Gasteiger partial charge is 0.478 e. The van der Waals surface area contributed by atoms with Crippen LogP contribution in [0.15, 0.2) is 36.7 Å². The summed E-state index contributed by atoms with van der Waals surface area (Å²) in [6.07, 6.45) is 3.56. The Morgan fingerprint density at radius 3 is 1.50 bits per heavy atom. The van der Waals surface area contributed by atoms with Crippen molar-refractivity contribution >= 4 is 0 Å². The predicted octanol–water partition coefficient (Wildman–Crippen LogP) is 2.94. The summed E-state index contributed by atoms with van der Waals surface area (Å²) >= 11 is 0. The van der Waals surface area contributed by atoms with Crippen LogP contribution in [0, 0.1) is 0 Å². The second kappa shape index (κ2) is 6.00. The molecule has 0 N–H and O–H groups in total. The summed E-state index contributed by atoms with van der Waals surface area (Å²) in [7, 11) is 0. The van der Waals surface area contributed by atoms with Crippen LogP contribution in [0.5, 0.6) is 11.8 Å². The summed E-state index contributed by atoms with van der Waals surface area (Å²) < 4.78 is 10.6. The first-order chi connectivity index (χ1) is 8.83. The Hall–Kier alpha value is -2.10. The van der Waals surface area contributed by atoms with Gasteiger partial charge in [0.05, 0.1) is 13.2 Å². The van der Waals surface area contributed by atoms with Crippen LogP contribution in [0.25, 0.3) is 11.1 Å². The molecule has 0 aliphatic heterocycles. The molecule has 0 aliphatic carbocycles. The molecular weight excluding hydrogens is 228 g/mol. The summed E-state index contributed by atoms with van der Waals surface area (Å²) in [4.78, 5) is 8.44. The molecule has 0 bridgehead atoms. The molecule has 4 heteroatoms. The van der Waals surface area contributed by atoms with Gasteiger partial charge >= 0.3 is 0 Å². The van der Waals surface area contributed by atoms with Crippen molar-refractivity contribution in [2.75, 3.05) is 13.2 Å². The molecule has 0 spiro atoms. The zero-order valence-electron chi connectivity index (χ0n) is 10.6. The van der Waals surface area contributed by atoms with E-state index in [9.17, 15) is 0 Å². The minimum atomic E-state index is 0.622. The molecule has 0 aromatic carbocycles. The van der Waals surface area contributed by atoms with Crippen LogP contribution < -0.4 is 9.47 Å². The van der Waals surface area contributed by atoms with E-state index in [4.69, 9.17) is 9.47 Å². The van der Waals surface area contributed by atoms with Crippen molar-refractivity contribution < 1.29 is 9.47 Å². The summed E-state index contributed by atoms with van der Waals surface area (Å²) in [5, 5.41) is 0. The lowest BCUT2D eigenvalue weighted by atomic mass is 10.1. The summed E-state index contributed by atoms with van der Waals surface area (Å²) in [5.74, 6) is 1.28. The zero-order valence-corrected chi connectivity index (χ0v) is 10.6. The Morgan fingerprint density at radius 1 is 0.778 bits per heavy atom. The number of hydrogen-bond donors (Lipinski definition) is 0. The molecular formula is C14H16N2O2. The molecule has 0 amide bonds. The van der Waals surface area contributed by atoms with Crippen LogP contribution in [0.3, 0.4) is 0 Å². The van der Waals surface area contributed by atoms with Gasteiger partial charge < -0.3 is 9.47 Å². The van der Waals surface area contributed by atoms with Crippen molar-refractivity contribution in [3.8, 4) is 22.9 Å². The van der Waals surface area contributed by atoms with E-state index in [0.717, 1.165) is 11.1 Å². The van der Waals surface area contributed by atoms with Crippen LogP contribution in [0.2, 0.25) is 0 Å². The van der Waals surface area contributed by atoms with E-state index in [-0.39, 0.29) is 0 Å². The van der Waals surface area contributed by atoms with Gasteiger partial charge in [0.1, 0.15) is 0 Å². The second-order valence-corrected chi connectivity index (χ2v) is 3.64. The molecule has 2 heterocycles. The zero-order chi connectivity index (χ0) is 12.8. The normalized spacial score (nSPS) is 10.1. The van der Waals surface area contributed by atoms with E-state index in [2.05, 4.69) is 9.97 Å². The minimum Gasteiger partial charge on any atom is -0.478 e. The van der Waals surface area contributed by atoms with Gasteiger partial charge in [-0.1, -0.05) is 0 Å². The van der Waals surface area contributed by atoms with E-state index >= 15 is 0 Å². The van der Waals surface area contributed by atoms with Crippen molar-refractivity contribution in [1.29, 1.82) is 0 Å². The van der Waals surface area contributed by atoms with Crippen LogP contribution >= 0.6 is 0 Å². The lowest BCUT2D eigenvalue weighted by Gasteiger charge is -2.05. The Balaban J connectivity index is 2.15. The first-order valence-corrected chi connectivity index (χ1v) is 6.01. The third-order valence-corrected chi connectivity index (χ3v) is 2.39. The van der Waals surface area contributed by atoms with E-state index < -0.39 is 0 Å². The van der Waals surface area contributed by atoms with E-state index in [0.29, 0.717) is 25.0 Å². The topological polar surface area (TPSA) is 44.2 Å². The van der Waals surface area contributed by atoms with E-state index in [1.54, 1.807) is 12.4 Å². The first kappa shape index (κ1) is 12.4. The van der Waals surface area contributed by atoms with Gasteiger partial charge in [0.15, 0.2) is 0 Å². The van der Waals surface area contributed by atoms with Crippen LogP contribution in [0.4, 0.5) is 0 Å². The Kier molecular flexibility index (Phi) is 4.12. The average Bonchev–Trinajstić information content (AvgIpc) is 2.41. The fraction of sp³-hybridized carbons (Fsp3) is 0.286. The van der Waals surface area contributed by atoms with Gasteiger partial charge in [-0.3, -0.25) is 0 Å². The van der Waals surface area contributed by atoms with Crippen molar-refractivity contribution in [2.24, 2.45) is 0 Å². The van der Waals surface area contributed by atoms with Crippen molar-refractivity contribution in [3.63, 3.8) is 0 Å². The van der Waals surface area contributed by atoms with Gasteiger partial charge in [-0.25, -0.2) is 9.97 Å². The van der Waals surface area contributed by atoms with Crippen LogP contribution in [-0.4, -0.2) is 23.2 Å². The number of ether oxygens (including phenoxy) is 2. The predicted molar refractivity (Wildman–Crippen MR) is 69.8 cm³/mol. The highest BCUT2D eigenvalue weighted by Gasteiger charge is 2.01. The fourth-order valence-corrected chi connectivity index (χ4v) is 1.57. The van der Waals surface area contributed by atoms with Gasteiger partial charge in [-0.2, -0.15) is 0 Å². The molecule has 0 saturated carbocycles. The van der Waals surface area contributed by atoms with E-state index in [1.807, 2.05) is 38.1 Å². The molecule has 0 unspecified atom stereocenters. The maximum absolute atomic E-state index is 5.30. The summed E-state index contributed by atoms with van der Waals surface area (Å²) in [6, 6.07) is 7.65. The second-order valence-electron chi connectivity index (χ2n) is 3.64. The lowest BCUT2D eigenvalue weighted by Crippen LogP contribution is -1.95. The molecule has 4 nitrogen and oxygen atoms in total. The minimum absolute atomic E-state index is 0.622. The average molecular weight is 244 g/mol. The summed E-state index contributed by atoms with van der Waals surface area (Å²) in [6.45, 7) is 5.12. The molecule has 94 valence electrons. The maximum atomic E-state index is 5.30. The lowest BCUT2D eigenvalue weighted by molar-refractivity contribution is 0.326. The van der Waals surface area contributed by atoms with Gasteiger partial charge in [0.2, 0.25) is 11.8 Å². The SMILES string of the molecule is CCOc1ccc(-c2ccc(OCC)nc2)cn1. The summed E-state index contributed by atoms with van der Waals surface area (Å²) in [5.41, 5.74) is 2.02. The fourth-order valence-electron chi connectivity index (χ4n) is 1.57. The molecule has 0 atom stereocenters. The number of rotatable bonds is 5. The maximum Gasteiger partial charge on any atom is 0.213 e. The number of nitrogens with zero attached hydrogens (tertiary/aromatic N) is 2. The first-order valence-electron chi connectivity index (χ1n) is 6.01. The van der Waals surface area contributed by atoms with Crippen LogP contribution in [-0.2, 0) is 0 Å². The number of aromatic nitrogens is 2. The van der Waals surface area contributed by atoms with Crippen molar-refractivity contribution in [1.82, 2.24) is 9.97 Å². The molecule has 0 fully saturated rings. The third kappa shape index (κ3) is 2.97. The molecule has 18 heavy (non-hydrogen) atoms. The van der Waals surface area contributed by atoms with Crippen molar-refractivity contribution in [2.45, 2.75) is 13.8 Å². The van der Waals surface area contributed by atoms with Crippen LogP contribution in [0.1, 0.15) is 13.8 Å². The van der Waals surface area contributed by atoms with Gasteiger partial charge in [-0.15, -0.1) is 0 Å². The number of pyridine rings is 2. The highest BCUT2D eigenvalue weighted by Crippen LogP contribution is 2.21. The molecule has 2 aromatic rings. The quantitative estimate of drug-likeness (QED) is 0.811. The van der Waals surface area contributed by atoms with Gasteiger partial charge in [0.25, 0.3) is 0 Å². The molecule has 2 rings (SSSR count). The highest BCUT2D eigenvalue weighted by molar-refractivity contribution is 5.61. The Morgan fingerprint density at radius 2 is 1.22 bits per heavy atom. The smallest absolute Gasteiger partial charge is 0.213 e. The third-order valence-electron chi connectivity index (χ3n) is 2.39. The standard InChI is InChI=1S/C14H16N2O2/c1-3-17-13-7-5-11(9-15-13)12-6-8-14(16-10-12)18-4-2/h5-10H,3-4H2,1-2H3. The number of hydrogen-bond acceptors (Lipinski definition) is 4. The Bertz CT molecular complexity index is 433. The molecule has 0 saturated heterocycles. The van der Waals surface area contributed by atoms with Gasteiger partial charge in [0, 0.05) is 35.7 Å². The van der Waals surface area contributed by atoms with Crippen molar-refractivity contribution in [3.05, 3.63) is 36.7 Å². The molecule has 0 radical (unpaired) electrons. The van der Waals surface area contributed by atoms with Gasteiger partial charge in [-0.05, 0) is 26.0 Å². The monoisotopic (exact) mass is 244 g/mol. The van der Waals surface area contributed by atoms with E-state index in [1.165, 1.54) is 0 Å². The Labute approximate surface area is 107 Å². The molecule has 2 aromatic heterocycles. The molecule has 0 aliphatic rings.